The SMILES string of the molecule is O=[N+]([O-])c1ccc(C(O)CC(O)C#Cc2ccccc2)cc1. The summed E-state index contributed by atoms with van der Waals surface area (Å²) in [4.78, 5) is 10.1. The minimum atomic E-state index is -0.981. The molecule has 0 radical (unpaired) electrons. The molecule has 0 saturated carbocycles. The van der Waals surface area contributed by atoms with Crippen molar-refractivity contribution in [2.45, 2.75) is 18.6 Å². The van der Waals surface area contributed by atoms with E-state index in [1.807, 2.05) is 30.3 Å². The van der Waals surface area contributed by atoms with Gasteiger partial charge in [-0.05, 0) is 29.8 Å². The maximum Gasteiger partial charge on any atom is 0.269 e. The fourth-order valence-electron chi connectivity index (χ4n) is 1.91. The minimum absolute atomic E-state index is 0.0393. The molecule has 2 aromatic carbocycles. The standard InChI is InChI=1S/C17H15NO4/c19-16(11-6-13-4-2-1-3-5-13)12-17(20)14-7-9-15(10-8-14)18(21)22/h1-5,7-10,16-17,19-20H,12H2. The van der Waals surface area contributed by atoms with Crippen LogP contribution in [0.15, 0.2) is 54.6 Å². The van der Waals surface area contributed by atoms with Gasteiger partial charge in [-0.1, -0.05) is 30.0 Å². The van der Waals surface area contributed by atoms with Crippen LogP contribution >= 0.6 is 0 Å². The summed E-state index contributed by atoms with van der Waals surface area (Å²) in [6.45, 7) is 0. The van der Waals surface area contributed by atoms with Crippen LogP contribution in [-0.2, 0) is 0 Å². The summed E-state index contributed by atoms with van der Waals surface area (Å²) in [5.74, 6) is 5.49. The lowest BCUT2D eigenvalue weighted by Gasteiger charge is -2.12. The smallest absolute Gasteiger partial charge is 0.269 e. The van der Waals surface area contributed by atoms with Crippen LogP contribution in [0.4, 0.5) is 5.69 Å². The van der Waals surface area contributed by atoms with Crippen LogP contribution in [0.3, 0.4) is 0 Å². The van der Waals surface area contributed by atoms with Gasteiger partial charge in [0, 0.05) is 24.1 Å². The molecular formula is C17H15NO4. The van der Waals surface area contributed by atoms with E-state index in [4.69, 9.17) is 0 Å². The molecule has 0 bridgehead atoms. The van der Waals surface area contributed by atoms with Crippen molar-refractivity contribution >= 4 is 5.69 Å². The Hall–Kier alpha value is -2.68. The Balaban J connectivity index is 1.98. The van der Waals surface area contributed by atoms with Gasteiger partial charge in [-0.2, -0.15) is 0 Å². The first-order valence-electron chi connectivity index (χ1n) is 6.73. The van der Waals surface area contributed by atoms with Crippen LogP contribution in [0.2, 0.25) is 0 Å². The van der Waals surface area contributed by atoms with Crippen LogP contribution in [-0.4, -0.2) is 21.2 Å². The summed E-state index contributed by atoms with van der Waals surface area (Å²) >= 11 is 0. The molecule has 2 unspecified atom stereocenters. The number of benzene rings is 2. The van der Waals surface area contributed by atoms with E-state index in [2.05, 4.69) is 11.8 Å². The van der Waals surface area contributed by atoms with Crippen molar-refractivity contribution in [1.82, 2.24) is 0 Å². The van der Waals surface area contributed by atoms with E-state index in [1.165, 1.54) is 24.3 Å². The number of aliphatic hydroxyl groups is 2. The van der Waals surface area contributed by atoms with Gasteiger partial charge >= 0.3 is 0 Å². The first-order valence-corrected chi connectivity index (χ1v) is 6.73. The molecule has 0 aliphatic rings. The van der Waals surface area contributed by atoms with Crippen LogP contribution in [0.1, 0.15) is 23.7 Å². The molecule has 2 rings (SSSR count). The summed E-state index contributed by atoms with van der Waals surface area (Å²) in [6, 6.07) is 14.8. The van der Waals surface area contributed by atoms with E-state index in [-0.39, 0.29) is 12.1 Å². The van der Waals surface area contributed by atoms with Crippen LogP contribution in [0.5, 0.6) is 0 Å². The van der Waals surface area contributed by atoms with Gasteiger partial charge in [0.1, 0.15) is 6.10 Å². The maximum atomic E-state index is 10.6. The van der Waals surface area contributed by atoms with Gasteiger partial charge in [-0.25, -0.2) is 0 Å². The Labute approximate surface area is 128 Å². The van der Waals surface area contributed by atoms with Gasteiger partial charge in [-0.3, -0.25) is 10.1 Å². The second kappa shape index (κ2) is 7.36. The lowest BCUT2D eigenvalue weighted by molar-refractivity contribution is -0.384. The highest BCUT2D eigenvalue weighted by molar-refractivity contribution is 5.35. The van der Waals surface area contributed by atoms with Gasteiger partial charge in [-0.15, -0.1) is 0 Å². The maximum absolute atomic E-state index is 10.6. The van der Waals surface area contributed by atoms with E-state index in [0.717, 1.165) is 5.56 Å². The fourth-order valence-corrected chi connectivity index (χ4v) is 1.91. The van der Waals surface area contributed by atoms with E-state index < -0.39 is 17.1 Å². The summed E-state index contributed by atoms with van der Waals surface area (Å²) in [5.41, 5.74) is 1.25. The predicted octanol–water partition coefficient (Wildman–Crippen LogP) is 2.43. The topological polar surface area (TPSA) is 83.6 Å². The number of nitro groups is 1. The molecule has 0 saturated heterocycles. The molecule has 2 aromatic rings. The van der Waals surface area contributed by atoms with Crippen molar-refractivity contribution in [1.29, 1.82) is 0 Å². The van der Waals surface area contributed by atoms with E-state index in [1.54, 1.807) is 0 Å². The Morgan fingerprint density at radius 2 is 1.68 bits per heavy atom. The molecule has 5 nitrogen and oxygen atoms in total. The molecule has 0 spiro atoms. The average Bonchev–Trinajstić information content (AvgIpc) is 2.54. The molecule has 2 atom stereocenters. The zero-order chi connectivity index (χ0) is 15.9. The number of hydrogen-bond donors (Lipinski definition) is 2. The second-order valence-corrected chi connectivity index (χ2v) is 4.75. The van der Waals surface area contributed by atoms with Gasteiger partial charge in [0.25, 0.3) is 5.69 Å². The third-order valence-electron chi connectivity index (χ3n) is 3.09. The molecule has 0 aromatic heterocycles. The zero-order valence-corrected chi connectivity index (χ0v) is 11.7. The van der Waals surface area contributed by atoms with Gasteiger partial charge < -0.3 is 10.2 Å². The quantitative estimate of drug-likeness (QED) is 0.516. The zero-order valence-electron chi connectivity index (χ0n) is 11.7. The van der Waals surface area contributed by atoms with Crippen molar-refractivity contribution in [3.63, 3.8) is 0 Å². The summed E-state index contributed by atoms with van der Waals surface area (Å²) < 4.78 is 0. The van der Waals surface area contributed by atoms with Crippen LogP contribution in [0, 0.1) is 22.0 Å². The van der Waals surface area contributed by atoms with Crippen molar-refractivity contribution in [3.8, 4) is 11.8 Å². The predicted molar refractivity (Wildman–Crippen MR) is 82.0 cm³/mol. The second-order valence-electron chi connectivity index (χ2n) is 4.75. The average molecular weight is 297 g/mol. The molecule has 2 N–H and O–H groups in total. The molecule has 5 heteroatoms. The Morgan fingerprint density at radius 1 is 1.05 bits per heavy atom. The van der Waals surface area contributed by atoms with E-state index in [0.29, 0.717) is 5.56 Å². The largest absolute Gasteiger partial charge is 0.388 e. The third kappa shape index (κ3) is 4.42. The Morgan fingerprint density at radius 3 is 2.27 bits per heavy atom. The number of rotatable bonds is 4. The van der Waals surface area contributed by atoms with Crippen molar-refractivity contribution in [2.75, 3.05) is 0 Å². The third-order valence-corrected chi connectivity index (χ3v) is 3.09. The number of nitro benzene ring substituents is 1. The summed E-state index contributed by atoms with van der Waals surface area (Å²) in [6.07, 6.45) is -1.87. The minimum Gasteiger partial charge on any atom is -0.388 e. The lowest BCUT2D eigenvalue weighted by Crippen LogP contribution is -2.10. The molecule has 0 aliphatic carbocycles. The highest BCUT2D eigenvalue weighted by atomic mass is 16.6. The number of non-ortho nitro benzene ring substituents is 1. The van der Waals surface area contributed by atoms with Crippen molar-refractivity contribution in [3.05, 3.63) is 75.8 Å². The molecule has 0 aliphatic heterocycles. The lowest BCUT2D eigenvalue weighted by atomic mass is 10.0. The fraction of sp³-hybridized carbons (Fsp3) is 0.176. The number of nitrogens with zero attached hydrogens (tertiary/aromatic N) is 1. The molecule has 0 fully saturated rings. The van der Waals surface area contributed by atoms with Crippen molar-refractivity contribution < 1.29 is 15.1 Å². The number of aliphatic hydroxyl groups excluding tert-OH is 2. The Bertz CT molecular complexity index is 686. The first-order chi connectivity index (χ1) is 10.6. The van der Waals surface area contributed by atoms with E-state index >= 15 is 0 Å². The van der Waals surface area contributed by atoms with Crippen LogP contribution < -0.4 is 0 Å². The molecule has 0 amide bonds. The van der Waals surface area contributed by atoms with Gasteiger partial charge in [0.2, 0.25) is 0 Å². The van der Waals surface area contributed by atoms with Crippen molar-refractivity contribution in [2.24, 2.45) is 0 Å². The Kier molecular flexibility index (Phi) is 5.26. The summed E-state index contributed by atoms with van der Waals surface area (Å²) in [7, 11) is 0. The number of hydrogen-bond acceptors (Lipinski definition) is 4. The highest BCUT2D eigenvalue weighted by Crippen LogP contribution is 2.21. The monoisotopic (exact) mass is 297 g/mol. The summed E-state index contributed by atoms with van der Waals surface area (Å²) in [5, 5.41) is 30.4. The van der Waals surface area contributed by atoms with Gasteiger partial charge in [0.15, 0.2) is 0 Å². The highest BCUT2D eigenvalue weighted by Gasteiger charge is 2.13. The molecule has 0 heterocycles. The van der Waals surface area contributed by atoms with E-state index in [9.17, 15) is 20.3 Å². The molecule has 22 heavy (non-hydrogen) atoms. The normalized spacial score (nSPS) is 12.8. The van der Waals surface area contributed by atoms with Crippen LogP contribution in [0.25, 0.3) is 0 Å². The van der Waals surface area contributed by atoms with Gasteiger partial charge in [0.05, 0.1) is 11.0 Å². The molecular weight excluding hydrogens is 282 g/mol. The first kappa shape index (κ1) is 15.7. The molecule has 112 valence electrons.